The summed E-state index contributed by atoms with van der Waals surface area (Å²) in [6, 6.07) is 4.79. The molecule has 0 saturated heterocycles. The lowest BCUT2D eigenvalue weighted by atomic mass is 10.2. The lowest BCUT2D eigenvalue weighted by molar-refractivity contribution is -0.385. The first-order valence-electron chi connectivity index (χ1n) is 6.60. The Morgan fingerprint density at radius 2 is 1.90 bits per heavy atom. The van der Waals surface area contributed by atoms with Crippen molar-refractivity contribution in [3.05, 3.63) is 33.9 Å². The average Bonchev–Trinajstić information content (AvgIpc) is 2.37. The van der Waals surface area contributed by atoms with Gasteiger partial charge in [-0.3, -0.25) is 10.1 Å². The van der Waals surface area contributed by atoms with Crippen LogP contribution in [0, 0.1) is 17.0 Å². The van der Waals surface area contributed by atoms with Crippen molar-refractivity contribution >= 4 is 25.4 Å². The van der Waals surface area contributed by atoms with E-state index in [1.807, 2.05) is 0 Å². The number of hydrogen-bond acceptors (Lipinski definition) is 5. The molecule has 0 aliphatic heterocycles. The van der Waals surface area contributed by atoms with Gasteiger partial charge in [-0.15, -0.1) is 0 Å². The number of benzene rings is 1. The highest BCUT2D eigenvalue weighted by Crippen LogP contribution is 2.30. The van der Waals surface area contributed by atoms with Gasteiger partial charge in [0.2, 0.25) is 9.05 Å². The Labute approximate surface area is 128 Å². The summed E-state index contributed by atoms with van der Waals surface area (Å²) in [6.45, 7) is 2.12. The quantitative estimate of drug-likeness (QED) is 0.299. The first-order chi connectivity index (χ1) is 9.81. The van der Waals surface area contributed by atoms with Crippen LogP contribution in [0.3, 0.4) is 0 Å². The van der Waals surface area contributed by atoms with Crippen LogP contribution in [-0.2, 0) is 9.05 Å². The van der Waals surface area contributed by atoms with Crippen LogP contribution in [0.25, 0.3) is 0 Å². The highest BCUT2D eigenvalue weighted by atomic mass is 35.7. The third-order valence-electron chi connectivity index (χ3n) is 2.92. The van der Waals surface area contributed by atoms with Crippen LogP contribution in [-0.4, -0.2) is 25.7 Å². The molecule has 0 unspecified atom stereocenters. The van der Waals surface area contributed by atoms with Gasteiger partial charge >= 0.3 is 5.69 Å². The van der Waals surface area contributed by atoms with Crippen molar-refractivity contribution < 1.29 is 18.1 Å². The molecule has 0 aromatic heterocycles. The predicted octanol–water partition coefficient (Wildman–Crippen LogP) is 3.41. The summed E-state index contributed by atoms with van der Waals surface area (Å²) in [4.78, 5) is 10.4. The van der Waals surface area contributed by atoms with E-state index in [4.69, 9.17) is 15.4 Å². The zero-order valence-corrected chi connectivity index (χ0v) is 13.3. The smallest absolute Gasteiger partial charge is 0.311 e. The van der Waals surface area contributed by atoms with Crippen molar-refractivity contribution in [2.75, 3.05) is 12.4 Å². The molecule has 1 aromatic rings. The molecule has 6 nitrogen and oxygen atoms in total. The molecule has 0 aliphatic carbocycles. The minimum Gasteiger partial charge on any atom is -0.487 e. The highest BCUT2D eigenvalue weighted by Gasteiger charge is 2.16. The molecule has 118 valence electrons. The number of nitrogens with zero attached hydrogens (tertiary/aromatic N) is 1. The van der Waals surface area contributed by atoms with Gasteiger partial charge in [-0.05, 0) is 25.3 Å². The number of rotatable bonds is 9. The van der Waals surface area contributed by atoms with Crippen molar-refractivity contribution in [3.8, 4) is 5.75 Å². The second-order valence-corrected chi connectivity index (χ2v) is 7.58. The van der Waals surface area contributed by atoms with Gasteiger partial charge in [0.1, 0.15) is 0 Å². The van der Waals surface area contributed by atoms with Crippen molar-refractivity contribution in [2.24, 2.45) is 0 Å². The van der Waals surface area contributed by atoms with Crippen molar-refractivity contribution in [2.45, 2.75) is 32.6 Å². The number of ether oxygens (including phenoxy) is 1. The van der Waals surface area contributed by atoms with Gasteiger partial charge in [-0.25, -0.2) is 8.42 Å². The topological polar surface area (TPSA) is 86.5 Å². The third kappa shape index (κ3) is 6.77. The lowest BCUT2D eigenvalue weighted by Crippen LogP contribution is -2.03. The molecule has 0 spiro atoms. The summed E-state index contributed by atoms with van der Waals surface area (Å²) in [5, 5.41) is 10.9. The molecular weight excluding hydrogens is 318 g/mol. The predicted molar refractivity (Wildman–Crippen MR) is 81.4 cm³/mol. The van der Waals surface area contributed by atoms with E-state index in [-0.39, 0.29) is 11.4 Å². The fourth-order valence-corrected chi connectivity index (χ4v) is 2.75. The van der Waals surface area contributed by atoms with Gasteiger partial charge in [0, 0.05) is 16.7 Å². The average molecular weight is 336 g/mol. The van der Waals surface area contributed by atoms with Gasteiger partial charge in [0.25, 0.3) is 0 Å². The summed E-state index contributed by atoms with van der Waals surface area (Å²) in [5.41, 5.74) is 0.681. The molecule has 0 heterocycles. The Balaban J connectivity index is 2.35. The van der Waals surface area contributed by atoms with Gasteiger partial charge in [-0.1, -0.05) is 25.0 Å². The van der Waals surface area contributed by atoms with Gasteiger partial charge in [-0.2, -0.15) is 0 Å². The van der Waals surface area contributed by atoms with Crippen molar-refractivity contribution in [1.29, 1.82) is 0 Å². The number of aryl methyl sites for hydroxylation is 1. The van der Waals surface area contributed by atoms with Crippen LogP contribution in [0.15, 0.2) is 18.2 Å². The maximum atomic E-state index is 10.9. The molecule has 0 N–H and O–H groups in total. The standard InChI is InChI=1S/C13H18ClNO5S/c1-11-7-6-8-12(15(16)17)13(11)20-9-4-2-3-5-10-21(14,18)19/h6-8H,2-5,9-10H2,1H3. The summed E-state index contributed by atoms with van der Waals surface area (Å²) in [7, 11) is 1.69. The molecule has 0 saturated carbocycles. The van der Waals surface area contributed by atoms with E-state index in [9.17, 15) is 18.5 Å². The van der Waals surface area contributed by atoms with E-state index in [1.54, 1.807) is 19.1 Å². The van der Waals surface area contributed by atoms with E-state index >= 15 is 0 Å². The maximum absolute atomic E-state index is 10.9. The monoisotopic (exact) mass is 335 g/mol. The summed E-state index contributed by atoms with van der Waals surface area (Å²) >= 11 is 0. The van der Waals surface area contributed by atoms with E-state index in [0.717, 1.165) is 18.4 Å². The van der Waals surface area contributed by atoms with E-state index in [1.165, 1.54) is 6.07 Å². The zero-order chi connectivity index (χ0) is 15.9. The van der Waals surface area contributed by atoms with Crippen LogP contribution < -0.4 is 4.74 Å². The van der Waals surface area contributed by atoms with Crippen LogP contribution in [0.4, 0.5) is 5.69 Å². The first-order valence-corrected chi connectivity index (χ1v) is 9.08. The van der Waals surface area contributed by atoms with Gasteiger partial charge in [0.15, 0.2) is 5.75 Å². The number of halogens is 1. The second-order valence-electron chi connectivity index (χ2n) is 4.69. The fourth-order valence-electron chi connectivity index (χ4n) is 1.87. The first kappa shape index (κ1) is 17.7. The molecule has 0 amide bonds. The number of para-hydroxylation sites is 1. The Bertz CT molecular complexity index is 588. The lowest BCUT2D eigenvalue weighted by Gasteiger charge is -2.09. The van der Waals surface area contributed by atoms with Gasteiger partial charge in [0.05, 0.1) is 17.3 Å². The van der Waals surface area contributed by atoms with Crippen LogP contribution >= 0.6 is 10.7 Å². The molecule has 0 radical (unpaired) electrons. The fraction of sp³-hybridized carbons (Fsp3) is 0.538. The Morgan fingerprint density at radius 3 is 2.52 bits per heavy atom. The molecule has 0 atom stereocenters. The molecule has 8 heteroatoms. The summed E-state index contributed by atoms with van der Waals surface area (Å²) in [5.74, 6) is 0.268. The molecule has 0 bridgehead atoms. The van der Waals surface area contributed by atoms with E-state index in [2.05, 4.69) is 0 Å². The van der Waals surface area contributed by atoms with Crippen molar-refractivity contribution in [1.82, 2.24) is 0 Å². The number of nitro benzene ring substituents is 1. The zero-order valence-electron chi connectivity index (χ0n) is 11.7. The second kappa shape index (κ2) is 8.19. The van der Waals surface area contributed by atoms with E-state index < -0.39 is 14.0 Å². The summed E-state index contributed by atoms with van der Waals surface area (Å²) in [6.07, 6.45) is 2.72. The largest absolute Gasteiger partial charge is 0.487 e. The van der Waals surface area contributed by atoms with E-state index in [0.29, 0.717) is 25.2 Å². The Hall–Kier alpha value is -1.34. The molecule has 1 rings (SSSR count). The van der Waals surface area contributed by atoms with Crippen molar-refractivity contribution in [3.63, 3.8) is 0 Å². The normalized spacial score (nSPS) is 11.3. The number of hydrogen-bond donors (Lipinski definition) is 0. The molecule has 0 fully saturated rings. The Morgan fingerprint density at radius 1 is 1.24 bits per heavy atom. The number of unbranched alkanes of at least 4 members (excludes halogenated alkanes) is 3. The third-order valence-corrected chi connectivity index (χ3v) is 4.16. The Kier molecular flexibility index (Phi) is 6.91. The van der Waals surface area contributed by atoms with Gasteiger partial charge < -0.3 is 4.74 Å². The molecule has 1 aromatic carbocycles. The van der Waals surface area contributed by atoms with Crippen LogP contribution in [0.5, 0.6) is 5.75 Å². The minimum atomic E-state index is -3.41. The molecule has 21 heavy (non-hydrogen) atoms. The highest BCUT2D eigenvalue weighted by molar-refractivity contribution is 8.13. The molecule has 0 aliphatic rings. The summed E-state index contributed by atoms with van der Waals surface area (Å²) < 4.78 is 26.9. The van der Waals surface area contributed by atoms with Crippen LogP contribution in [0.2, 0.25) is 0 Å². The maximum Gasteiger partial charge on any atom is 0.311 e. The SMILES string of the molecule is Cc1cccc([N+](=O)[O-])c1OCCCCCCS(=O)(=O)Cl. The number of nitro groups is 1. The van der Waals surface area contributed by atoms with Crippen LogP contribution in [0.1, 0.15) is 31.2 Å². The minimum absolute atomic E-state index is 0.0291. The molecular formula is C13H18ClNO5S.